The lowest BCUT2D eigenvalue weighted by Crippen LogP contribution is -2.48. The van der Waals surface area contributed by atoms with Gasteiger partial charge in [0.1, 0.15) is 11.5 Å². The summed E-state index contributed by atoms with van der Waals surface area (Å²) in [5.41, 5.74) is 6.59. The Balaban J connectivity index is 1.47. The first kappa shape index (κ1) is 20.2. The molecule has 0 radical (unpaired) electrons. The van der Waals surface area contributed by atoms with Crippen LogP contribution in [0.15, 0.2) is 60.7 Å². The van der Waals surface area contributed by atoms with Gasteiger partial charge in [0.15, 0.2) is 12.7 Å². The Morgan fingerprint density at radius 3 is 2.31 bits per heavy atom. The number of rotatable bonds is 6. The van der Waals surface area contributed by atoms with Crippen molar-refractivity contribution in [2.45, 2.75) is 26.9 Å². The Labute approximate surface area is 169 Å². The standard InChI is InChI=1S/C23H24N2O4/c1-15-7-6-8-16(2)22(15)29-17(3)23(27)25-24-21(26)14-28-20-12-11-18-9-4-5-10-19(18)13-20/h4-13,17H,14H2,1-3H3,(H,24,26)(H,25,27). The van der Waals surface area contributed by atoms with Crippen LogP contribution in [0.5, 0.6) is 11.5 Å². The van der Waals surface area contributed by atoms with Crippen LogP contribution in [-0.2, 0) is 9.59 Å². The van der Waals surface area contributed by atoms with E-state index in [9.17, 15) is 9.59 Å². The molecular formula is C23H24N2O4. The largest absolute Gasteiger partial charge is 0.484 e. The van der Waals surface area contributed by atoms with Gasteiger partial charge in [-0.15, -0.1) is 0 Å². The summed E-state index contributed by atoms with van der Waals surface area (Å²) in [5, 5.41) is 2.12. The Hall–Kier alpha value is -3.54. The molecule has 29 heavy (non-hydrogen) atoms. The molecule has 150 valence electrons. The minimum Gasteiger partial charge on any atom is -0.484 e. The molecule has 0 aliphatic heterocycles. The average molecular weight is 392 g/mol. The van der Waals surface area contributed by atoms with Crippen LogP contribution in [0.25, 0.3) is 10.8 Å². The summed E-state index contributed by atoms with van der Waals surface area (Å²) in [4.78, 5) is 24.2. The van der Waals surface area contributed by atoms with Gasteiger partial charge in [0, 0.05) is 0 Å². The van der Waals surface area contributed by atoms with E-state index in [4.69, 9.17) is 9.47 Å². The lowest BCUT2D eigenvalue weighted by Gasteiger charge is -2.18. The molecule has 0 saturated carbocycles. The summed E-state index contributed by atoms with van der Waals surface area (Å²) in [5.74, 6) is 0.329. The number of nitrogens with one attached hydrogen (secondary N) is 2. The van der Waals surface area contributed by atoms with Gasteiger partial charge in [-0.1, -0.05) is 48.5 Å². The molecule has 3 aromatic carbocycles. The summed E-state index contributed by atoms with van der Waals surface area (Å²) >= 11 is 0. The van der Waals surface area contributed by atoms with Gasteiger partial charge in [0.2, 0.25) is 0 Å². The third-order valence-corrected chi connectivity index (χ3v) is 4.49. The van der Waals surface area contributed by atoms with Crippen molar-refractivity contribution in [1.82, 2.24) is 10.9 Å². The van der Waals surface area contributed by atoms with E-state index in [1.165, 1.54) is 0 Å². The molecule has 0 fully saturated rings. The molecule has 0 aliphatic carbocycles. The molecule has 0 spiro atoms. The zero-order chi connectivity index (χ0) is 20.8. The number of carbonyl (C=O) groups is 2. The van der Waals surface area contributed by atoms with Crippen LogP contribution in [0.1, 0.15) is 18.1 Å². The maximum absolute atomic E-state index is 12.2. The van der Waals surface area contributed by atoms with Gasteiger partial charge in [-0.05, 0) is 54.8 Å². The van der Waals surface area contributed by atoms with Gasteiger partial charge < -0.3 is 9.47 Å². The minimum atomic E-state index is -0.767. The van der Waals surface area contributed by atoms with Crippen LogP contribution >= 0.6 is 0 Å². The first-order valence-electron chi connectivity index (χ1n) is 9.37. The quantitative estimate of drug-likeness (QED) is 0.630. The lowest BCUT2D eigenvalue weighted by atomic mass is 10.1. The predicted octanol–water partition coefficient (Wildman–Crippen LogP) is 3.45. The molecule has 6 nitrogen and oxygen atoms in total. The van der Waals surface area contributed by atoms with Gasteiger partial charge in [0.25, 0.3) is 11.8 Å². The lowest BCUT2D eigenvalue weighted by molar-refractivity contribution is -0.133. The van der Waals surface area contributed by atoms with Crippen molar-refractivity contribution in [2.75, 3.05) is 6.61 Å². The zero-order valence-corrected chi connectivity index (χ0v) is 16.7. The zero-order valence-electron chi connectivity index (χ0n) is 16.7. The molecule has 0 aliphatic rings. The first-order valence-corrected chi connectivity index (χ1v) is 9.37. The minimum absolute atomic E-state index is 0.218. The molecule has 0 aromatic heterocycles. The highest BCUT2D eigenvalue weighted by molar-refractivity contribution is 5.86. The number of ether oxygens (including phenoxy) is 2. The highest BCUT2D eigenvalue weighted by Crippen LogP contribution is 2.23. The van der Waals surface area contributed by atoms with Crippen molar-refractivity contribution in [2.24, 2.45) is 0 Å². The number of aryl methyl sites for hydroxylation is 2. The van der Waals surface area contributed by atoms with Crippen LogP contribution in [-0.4, -0.2) is 24.5 Å². The number of hydrazine groups is 1. The average Bonchev–Trinajstić information content (AvgIpc) is 2.72. The fourth-order valence-corrected chi connectivity index (χ4v) is 2.89. The summed E-state index contributed by atoms with van der Waals surface area (Å²) in [6.45, 7) is 5.24. The molecule has 6 heteroatoms. The fourth-order valence-electron chi connectivity index (χ4n) is 2.89. The van der Waals surface area contributed by atoms with Gasteiger partial charge in [-0.2, -0.15) is 0 Å². The summed E-state index contributed by atoms with van der Waals surface area (Å²) in [6, 6.07) is 19.2. The number of para-hydroxylation sites is 1. The van der Waals surface area contributed by atoms with E-state index >= 15 is 0 Å². The molecule has 0 heterocycles. The molecular weight excluding hydrogens is 368 g/mol. The molecule has 1 atom stereocenters. The van der Waals surface area contributed by atoms with Crippen molar-refractivity contribution in [3.05, 3.63) is 71.8 Å². The topological polar surface area (TPSA) is 76.7 Å². The van der Waals surface area contributed by atoms with E-state index in [1.54, 1.807) is 13.0 Å². The second-order valence-corrected chi connectivity index (χ2v) is 6.82. The maximum Gasteiger partial charge on any atom is 0.279 e. The van der Waals surface area contributed by atoms with Gasteiger partial charge in [0.05, 0.1) is 0 Å². The smallest absolute Gasteiger partial charge is 0.279 e. The van der Waals surface area contributed by atoms with Crippen LogP contribution < -0.4 is 20.3 Å². The fraction of sp³-hybridized carbons (Fsp3) is 0.217. The molecule has 3 rings (SSSR count). The number of fused-ring (bicyclic) bond motifs is 1. The maximum atomic E-state index is 12.2. The third kappa shape index (κ3) is 5.25. The first-order chi connectivity index (χ1) is 13.9. The summed E-state index contributed by atoms with van der Waals surface area (Å²) in [7, 11) is 0. The van der Waals surface area contributed by atoms with E-state index in [0.717, 1.165) is 21.9 Å². The van der Waals surface area contributed by atoms with Crippen molar-refractivity contribution in [3.63, 3.8) is 0 Å². The monoisotopic (exact) mass is 392 g/mol. The summed E-state index contributed by atoms with van der Waals surface area (Å²) < 4.78 is 11.2. The summed E-state index contributed by atoms with van der Waals surface area (Å²) in [6.07, 6.45) is -0.767. The van der Waals surface area contributed by atoms with E-state index in [-0.39, 0.29) is 6.61 Å². The molecule has 0 saturated heterocycles. The highest BCUT2D eigenvalue weighted by Gasteiger charge is 2.17. The van der Waals surface area contributed by atoms with Crippen LogP contribution in [0.4, 0.5) is 0 Å². The Bertz CT molecular complexity index is 1010. The van der Waals surface area contributed by atoms with Crippen molar-refractivity contribution < 1.29 is 19.1 Å². The Morgan fingerprint density at radius 2 is 1.59 bits per heavy atom. The third-order valence-electron chi connectivity index (χ3n) is 4.49. The van der Waals surface area contributed by atoms with E-state index in [2.05, 4.69) is 10.9 Å². The van der Waals surface area contributed by atoms with Gasteiger partial charge in [-0.25, -0.2) is 0 Å². The predicted molar refractivity (Wildman–Crippen MR) is 112 cm³/mol. The van der Waals surface area contributed by atoms with Crippen LogP contribution in [0, 0.1) is 13.8 Å². The van der Waals surface area contributed by atoms with Crippen molar-refractivity contribution >= 4 is 22.6 Å². The van der Waals surface area contributed by atoms with E-state index < -0.39 is 17.9 Å². The second kappa shape index (κ2) is 9.10. The highest BCUT2D eigenvalue weighted by atomic mass is 16.5. The Kier molecular flexibility index (Phi) is 6.34. The number of hydrogen-bond donors (Lipinski definition) is 2. The SMILES string of the molecule is Cc1cccc(C)c1OC(C)C(=O)NNC(=O)COc1ccc2ccccc2c1. The van der Waals surface area contributed by atoms with Crippen LogP contribution in [0.3, 0.4) is 0 Å². The van der Waals surface area contributed by atoms with Gasteiger partial charge >= 0.3 is 0 Å². The van der Waals surface area contributed by atoms with Crippen molar-refractivity contribution in [1.29, 1.82) is 0 Å². The number of amides is 2. The molecule has 2 N–H and O–H groups in total. The molecule has 2 amide bonds. The molecule has 1 unspecified atom stereocenters. The number of hydrogen-bond acceptors (Lipinski definition) is 4. The molecule has 0 bridgehead atoms. The van der Waals surface area contributed by atoms with Crippen LogP contribution in [0.2, 0.25) is 0 Å². The second-order valence-electron chi connectivity index (χ2n) is 6.82. The van der Waals surface area contributed by atoms with Gasteiger partial charge in [-0.3, -0.25) is 20.4 Å². The number of benzene rings is 3. The molecule has 3 aromatic rings. The van der Waals surface area contributed by atoms with E-state index in [0.29, 0.717) is 11.5 Å². The van der Waals surface area contributed by atoms with E-state index in [1.807, 2.05) is 68.4 Å². The Morgan fingerprint density at radius 1 is 0.897 bits per heavy atom. The normalized spacial score (nSPS) is 11.6. The number of carbonyl (C=O) groups excluding carboxylic acids is 2. The van der Waals surface area contributed by atoms with Crippen molar-refractivity contribution in [3.8, 4) is 11.5 Å².